The molecule has 0 bridgehead atoms. The molecule has 154 valence electrons. The summed E-state index contributed by atoms with van der Waals surface area (Å²) in [5.41, 5.74) is 0.565. The second-order valence-corrected chi connectivity index (χ2v) is 8.96. The normalized spacial score (nSPS) is 18.5. The van der Waals surface area contributed by atoms with Crippen LogP contribution in [0.2, 0.25) is 0 Å². The van der Waals surface area contributed by atoms with Gasteiger partial charge in [0.25, 0.3) is 0 Å². The predicted octanol–water partition coefficient (Wildman–Crippen LogP) is 4.29. The van der Waals surface area contributed by atoms with Crippen molar-refractivity contribution in [3.8, 4) is 0 Å². The number of hydrogen-bond donors (Lipinski definition) is 0. The van der Waals surface area contributed by atoms with Crippen molar-refractivity contribution < 1.29 is 19.1 Å². The zero-order chi connectivity index (χ0) is 20.1. The average molecular weight is 389 g/mol. The minimum absolute atomic E-state index is 0.209. The minimum Gasteiger partial charge on any atom is -0.445 e. The molecule has 0 N–H and O–H groups in total. The SMILES string of the molecule is CC(C)(C)OC(=O)N1CC(CC2CCN(C(=O)OCc3ccccc3)CC2)C1. The molecule has 28 heavy (non-hydrogen) atoms. The van der Waals surface area contributed by atoms with Crippen LogP contribution in [0.3, 0.4) is 0 Å². The van der Waals surface area contributed by atoms with Crippen molar-refractivity contribution in [2.45, 2.75) is 52.2 Å². The second-order valence-electron chi connectivity index (χ2n) is 8.96. The van der Waals surface area contributed by atoms with E-state index in [9.17, 15) is 9.59 Å². The van der Waals surface area contributed by atoms with Crippen LogP contribution in [0, 0.1) is 11.8 Å². The standard InChI is InChI=1S/C22H32N2O4/c1-22(2,3)28-21(26)24-14-19(15-24)13-17-9-11-23(12-10-17)20(25)27-16-18-7-5-4-6-8-18/h4-8,17,19H,9-16H2,1-3H3. The van der Waals surface area contributed by atoms with E-state index in [0.717, 1.165) is 51.0 Å². The Morgan fingerprint density at radius 3 is 2.21 bits per heavy atom. The third kappa shape index (κ3) is 5.88. The average Bonchev–Trinajstić information content (AvgIpc) is 2.62. The van der Waals surface area contributed by atoms with Gasteiger partial charge in [0.1, 0.15) is 12.2 Å². The molecule has 6 nitrogen and oxygen atoms in total. The number of carbonyl (C=O) groups excluding carboxylic acids is 2. The molecule has 3 rings (SSSR count). The lowest BCUT2D eigenvalue weighted by atomic mass is 9.84. The molecule has 0 unspecified atom stereocenters. The maximum absolute atomic E-state index is 12.2. The van der Waals surface area contributed by atoms with Crippen molar-refractivity contribution in [1.82, 2.24) is 9.80 Å². The molecule has 0 spiro atoms. The number of ether oxygens (including phenoxy) is 2. The highest BCUT2D eigenvalue weighted by Gasteiger charge is 2.35. The van der Waals surface area contributed by atoms with Crippen LogP contribution in [0.5, 0.6) is 0 Å². The molecule has 1 aromatic carbocycles. The molecule has 0 saturated carbocycles. The summed E-state index contributed by atoms with van der Waals surface area (Å²) in [7, 11) is 0. The van der Waals surface area contributed by atoms with E-state index >= 15 is 0 Å². The summed E-state index contributed by atoms with van der Waals surface area (Å²) in [6, 6.07) is 9.75. The summed E-state index contributed by atoms with van der Waals surface area (Å²) < 4.78 is 10.8. The van der Waals surface area contributed by atoms with Gasteiger partial charge in [-0.05, 0) is 57.4 Å². The van der Waals surface area contributed by atoms with E-state index in [-0.39, 0.29) is 12.2 Å². The van der Waals surface area contributed by atoms with E-state index in [2.05, 4.69) is 0 Å². The number of hydrogen-bond acceptors (Lipinski definition) is 4. The Bertz CT molecular complexity index is 657. The minimum atomic E-state index is -0.440. The maximum Gasteiger partial charge on any atom is 0.410 e. The molecular weight excluding hydrogens is 356 g/mol. The highest BCUT2D eigenvalue weighted by atomic mass is 16.6. The van der Waals surface area contributed by atoms with Gasteiger partial charge in [0.05, 0.1) is 0 Å². The van der Waals surface area contributed by atoms with Gasteiger partial charge in [0.15, 0.2) is 0 Å². The van der Waals surface area contributed by atoms with Crippen molar-refractivity contribution in [2.75, 3.05) is 26.2 Å². The summed E-state index contributed by atoms with van der Waals surface area (Å²) >= 11 is 0. The Morgan fingerprint density at radius 1 is 0.964 bits per heavy atom. The van der Waals surface area contributed by atoms with Gasteiger partial charge in [-0.2, -0.15) is 0 Å². The van der Waals surface area contributed by atoms with Crippen LogP contribution in [0.1, 0.15) is 45.6 Å². The fraction of sp³-hybridized carbons (Fsp3) is 0.636. The number of rotatable bonds is 4. The molecule has 0 aliphatic carbocycles. The third-order valence-corrected chi connectivity index (χ3v) is 5.35. The lowest BCUT2D eigenvalue weighted by Crippen LogP contribution is -2.52. The van der Waals surface area contributed by atoms with Crippen molar-refractivity contribution in [3.05, 3.63) is 35.9 Å². The van der Waals surface area contributed by atoms with Crippen LogP contribution in [-0.2, 0) is 16.1 Å². The third-order valence-electron chi connectivity index (χ3n) is 5.35. The zero-order valence-electron chi connectivity index (χ0n) is 17.2. The van der Waals surface area contributed by atoms with Crippen LogP contribution in [0.15, 0.2) is 30.3 Å². The number of likely N-dealkylation sites (tertiary alicyclic amines) is 2. The van der Waals surface area contributed by atoms with E-state index in [0.29, 0.717) is 18.4 Å². The Hall–Kier alpha value is -2.24. The topological polar surface area (TPSA) is 59.1 Å². The molecule has 2 aliphatic rings. The molecule has 1 aromatic rings. The monoisotopic (exact) mass is 388 g/mol. The molecule has 2 saturated heterocycles. The van der Waals surface area contributed by atoms with Gasteiger partial charge in [0, 0.05) is 26.2 Å². The van der Waals surface area contributed by atoms with Crippen molar-refractivity contribution in [3.63, 3.8) is 0 Å². The summed E-state index contributed by atoms with van der Waals surface area (Å²) in [5.74, 6) is 1.16. The quantitative estimate of drug-likeness (QED) is 0.772. The Kier molecular flexibility index (Phi) is 6.47. The highest BCUT2D eigenvalue weighted by Crippen LogP contribution is 2.30. The fourth-order valence-corrected chi connectivity index (χ4v) is 3.83. The molecule has 6 heteroatoms. The van der Waals surface area contributed by atoms with Crippen LogP contribution >= 0.6 is 0 Å². The summed E-state index contributed by atoms with van der Waals surface area (Å²) in [4.78, 5) is 27.8. The van der Waals surface area contributed by atoms with Crippen LogP contribution in [0.4, 0.5) is 9.59 Å². The highest BCUT2D eigenvalue weighted by molar-refractivity contribution is 5.69. The van der Waals surface area contributed by atoms with Gasteiger partial charge in [-0.25, -0.2) is 9.59 Å². The first kappa shape index (κ1) is 20.5. The Balaban J connectivity index is 1.32. The first-order chi connectivity index (χ1) is 13.3. The van der Waals surface area contributed by atoms with Crippen molar-refractivity contribution >= 4 is 12.2 Å². The van der Waals surface area contributed by atoms with Gasteiger partial charge in [0.2, 0.25) is 0 Å². The van der Waals surface area contributed by atoms with Gasteiger partial charge in [-0.15, -0.1) is 0 Å². The molecule has 2 aliphatic heterocycles. The molecule has 0 aromatic heterocycles. The van der Waals surface area contributed by atoms with E-state index < -0.39 is 5.60 Å². The fourth-order valence-electron chi connectivity index (χ4n) is 3.83. The van der Waals surface area contributed by atoms with Gasteiger partial charge in [-0.3, -0.25) is 0 Å². The molecule has 2 heterocycles. The molecular formula is C22H32N2O4. The number of benzene rings is 1. The van der Waals surface area contributed by atoms with Gasteiger partial charge < -0.3 is 19.3 Å². The second kappa shape index (κ2) is 8.84. The zero-order valence-corrected chi connectivity index (χ0v) is 17.2. The van der Waals surface area contributed by atoms with Crippen LogP contribution < -0.4 is 0 Å². The molecule has 2 amide bonds. The van der Waals surface area contributed by atoms with Gasteiger partial charge >= 0.3 is 12.2 Å². The van der Waals surface area contributed by atoms with E-state index in [1.165, 1.54) is 0 Å². The molecule has 2 fully saturated rings. The molecule has 0 atom stereocenters. The summed E-state index contributed by atoms with van der Waals surface area (Å²) in [6.07, 6.45) is 2.70. The van der Waals surface area contributed by atoms with Crippen molar-refractivity contribution in [2.24, 2.45) is 11.8 Å². The van der Waals surface area contributed by atoms with E-state index in [4.69, 9.17) is 9.47 Å². The smallest absolute Gasteiger partial charge is 0.410 e. The number of amides is 2. The first-order valence-electron chi connectivity index (χ1n) is 10.2. The lowest BCUT2D eigenvalue weighted by Gasteiger charge is -2.42. The lowest BCUT2D eigenvalue weighted by molar-refractivity contribution is -0.00635. The predicted molar refractivity (Wildman–Crippen MR) is 107 cm³/mol. The van der Waals surface area contributed by atoms with Crippen molar-refractivity contribution in [1.29, 1.82) is 0 Å². The number of nitrogens with zero attached hydrogens (tertiary/aromatic N) is 2. The first-order valence-corrected chi connectivity index (χ1v) is 10.2. The largest absolute Gasteiger partial charge is 0.445 e. The number of piperidine rings is 1. The van der Waals surface area contributed by atoms with E-state index in [1.807, 2.05) is 56.0 Å². The Labute approximate surface area is 167 Å². The Morgan fingerprint density at radius 2 is 1.61 bits per heavy atom. The maximum atomic E-state index is 12.2. The molecule has 0 radical (unpaired) electrons. The summed E-state index contributed by atoms with van der Waals surface area (Å²) in [6.45, 7) is 9.06. The summed E-state index contributed by atoms with van der Waals surface area (Å²) in [5, 5.41) is 0. The van der Waals surface area contributed by atoms with Crippen LogP contribution in [0.25, 0.3) is 0 Å². The number of carbonyl (C=O) groups is 2. The van der Waals surface area contributed by atoms with Gasteiger partial charge in [-0.1, -0.05) is 30.3 Å². The van der Waals surface area contributed by atoms with E-state index in [1.54, 1.807) is 4.90 Å². The van der Waals surface area contributed by atoms with Crippen LogP contribution in [-0.4, -0.2) is 53.8 Å².